The van der Waals surface area contributed by atoms with Crippen LogP contribution in [0.25, 0.3) is 92.1 Å². The van der Waals surface area contributed by atoms with Gasteiger partial charge in [0.1, 0.15) is 0 Å². The molecular formula is C54H32F6S. The van der Waals surface area contributed by atoms with Gasteiger partial charge in [-0.15, -0.1) is 11.3 Å². The Labute approximate surface area is 350 Å². The molecule has 0 aliphatic heterocycles. The number of benzene rings is 9. The summed E-state index contributed by atoms with van der Waals surface area (Å²) in [6.07, 6.45) is -4.79. The van der Waals surface area contributed by atoms with Gasteiger partial charge in [-0.2, -0.15) is 26.3 Å². The molecule has 0 saturated heterocycles. The summed E-state index contributed by atoms with van der Waals surface area (Å²) in [5.41, 5.74) is 7.61. The molecule has 1 aromatic heterocycles. The summed E-state index contributed by atoms with van der Waals surface area (Å²) in [6.45, 7) is 0. The number of allylic oxidation sites excluding steroid dienone is 1. The highest BCUT2D eigenvalue weighted by atomic mass is 32.1. The Morgan fingerprint density at radius 2 is 0.738 bits per heavy atom. The maximum absolute atomic E-state index is 13.6. The Morgan fingerprint density at radius 1 is 0.377 bits per heavy atom. The average Bonchev–Trinajstić information content (AvgIpc) is 3.65. The third-order valence-corrected chi connectivity index (χ3v) is 13.4. The van der Waals surface area contributed by atoms with Gasteiger partial charge in [0, 0.05) is 9.58 Å². The second-order valence-electron chi connectivity index (χ2n) is 15.6. The van der Waals surface area contributed by atoms with Crippen molar-refractivity contribution in [1.29, 1.82) is 0 Å². The summed E-state index contributed by atoms with van der Waals surface area (Å²) in [5.74, 6) is 0. The third kappa shape index (κ3) is 6.05. The number of thiophene rings is 1. The van der Waals surface area contributed by atoms with E-state index in [1.54, 1.807) is 35.6 Å². The normalized spacial score (nSPS) is 13.4. The summed E-state index contributed by atoms with van der Waals surface area (Å²) in [5, 5.41) is 9.20. The van der Waals surface area contributed by atoms with Crippen LogP contribution in [0.5, 0.6) is 0 Å². The second kappa shape index (κ2) is 13.9. The summed E-state index contributed by atoms with van der Waals surface area (Å²) in [7, 11) is 0. The van der Waals surface area contributed by atoms with Crippen LogP contribution < -0.4 is 0 Å². The predicted octanol–water partition coefficient (Wildman–Crippen LogP) is 16.9. The molecule has 0 spiro atoms. The standard InChI is InChI=1S/C54H32F6S/c55-53(56,57)34-25-20-31(21-26-34)48-36-10-1-3-12-38(36)50(39-13-4-2-11-37(39)48)33-24-29-47-46(30-33)44-18-9-19-45(52(44)61-47)51-42-16-7-5-14-40(42)49(41-15-6-8-17-43(41)51)32-22-27-35(28-23-32)54(58,59)60/h1-8,10-17,19-30H,9,18H2. The molecule has 10 aromatic rings. The van der Waals surface area contributed by atoms with Crippen LogP contribution in [0.15, 0.2) is 170 Å². The molecule has 1 aliphatic rings. The number of aryl methyl sites for hydroxylation is 1. The zero-order valence-corrected chi connectivity index (χ0v) is 33.1. The van der Waals surface area contributed by atoms with Gasteiger partial charge in [-0.3, -0.25) is 0 Å². The minimum absolute atomic E-state index is 0.675. The van der Waals surface area contributed by atoms with E-state index in [0.717, 1.165) is 125 Å². The molecular weight excluding hydrogens is 795 g/mol. The number of hydrogen-bond donors (Lipinski definition) is 0. The van der Waals surface area contributed by atoms with Gasteiger partial charge in [-0.25, -0.2) is 0 Å². The Balaban J connectivity index is 1.09. The van der Waals surface area contributed by atoms with Crippen LogP contribution in [0.1, 0.15) is 33.6 Å². The van der Waals surface area contributed by atoms with Gasteiger partial charge in [-0.1, -0.05) is 133 Å². The van der Waals surface area contributed by atoms with Gasteiger partial charge in [0.05, 0.1) is 11.1 Å². The van der Waals surface area contributed by atoms with E-state index in [9.17, 15) is 26.3 Å². The fourth-order valence-electron chi connectivity index (χ4n) is 9.57. The summed E-state index contributed by atoms with van der Waals surface area (Å²) < 4.78 is 82.7. The number of hydrogen-bond acceptors (Lipinski definition) is 1. The Hall–Kier alpha value is -6.70. The van der Waals surface area contributed by atoms with Crippen LogP contribution in [-0.4, -0.2) is 0 Å². The summed E-state index contributed by atoms with van der Waals surface area (Å²) in [6, 6.07) is 50.3. The first-order valence-electron chi connectivity index (χ1n) is 20.0. The average molecular weight is 827 g/mol. The lowest BCUT2D eigenvalue weighted by molar-refractivity contribution is -0.138. The smallest absolute Gasteiger partial charge is 0.166 e. The van der Waals surface area contributed by atoms with Crippen LogP contribution in [-0.2, 0) is 18.8 Å². The molecule has 0 N–H and O–H groups in total. The predicted molar refractivity (Wildman–Crippen MR) is 240 cm³/mol. The second-order valence-corrected chi connectivity index (χ2v) is 16.7. The van der Waals surface area contributed by atoms with Gasteiger partial charge in [0.15, 0.2) is 0 Å². The molecule has 0 saturated carbocycles. The first-order chi connectivity index (χ1) is 29.5. The molecule has 0 unspecified atom stereocenters. The molecule has 1 heterocycles. The van der Waals surface area contributed by atoms with Crippen LogP contribution in [0, 0.1) is 0 Å². The maximum Gasteiger partial charge on any atom is 0.416 e. The van der Waals surface area contributed by atoms with Crippen molar-refractivity contribution in [1.82, 2.24) is 0 Å². The molecule has 7 heteroatoms. The Morgan fingerprint density at radius 3 is 1.13 bits per heavy atom. The topological polar surface area (TPSA) is 0 Å². The lowest BCUT2D eigenvalue weighted by Crippen LogP contribution is -2.04. The fourth-order valence-corrected chi connectivity index (χ4v) is 10.8. The van der Waals surface area contributed by atoms with E-state index in [4.69, 9.17) is 0 Å². The van der Waals surface area contributed by atoms with Crippen molar-refractivity contribution in [3.8, 4) is 33.4 Å². The van der Waals surface area contributed by atoms with E-state index < -0.39 is 23.5 Å². The highest BCUT2D eigenvalue weighted by Crippen LogP contribution is 2.50. The van der Waals surface area contributed by atoms with E-state index in [-0.39, 0.29) is 0 Å². The molecule has 0 fully saturated rings. The zero-order valence-electron chi connectivity index (χ0n) is 32.3. The van der Waals surface area contributed by atoms with Crippen molar-refractivity contribution < 1.29 is 26.3 Å². The quantitative estimate of drug-likeness (QED) is 0.122. The summed E-state index contributed by atoms with van der Waals surface area (Å²) >= 11 is 1.78. The van der Waals surface area contributed by atoms with Crippen molar-refractivity contribution in [2.45, 2.75) is 25.2 Å². The number of alkyl halides is 6. The first-order valence-corrected chi connectivity index (χ1v) is 20.8. The van der Waals surface area contributed by atoms with Crippen molar-refractivity contribution in [3.63, 3.8) is 0 Å². The minimum Gasteiger partial charge on any atom is -0.166 e. The first kappa shape index (κ1) is 37.3. The molecule has 9 aromatic carbocycles. The number of rotatable bonds is 4. The minimum atomic E-state index is -4.42. The molecule has 0 amide bonds. The van der Waals surface area contributed by atoms with Gasteiger partial charge in [-0.05, 0) is 148 Å². The van der Waals surface area contributed by atoms with Gasteiger partial charge in [0.2, 0.25) is 0 Å². The van der Waals surface area contributed by atoms with Gasteiger partial charge in [0.25, 0.3) is 0 Å². The monoisotopic (exact) mass is 826 g/mol. The molecule has 1 aliphatic carbocycles. The fraction of sp³-hybridized carbons (Fsp3) is 0.0741. The maximum atomic E-state index is 13.6. The lowest BCUT2D eigenvalue weighted by Gasteiger charge is -2.21. The van der Waals surface area contributed by atoms with E-state index in [0.29, 0.717) is 0 Å². The third-order valence-electron chi connectivity index (χ3n) is 12.2. The van der Waals surface area contributed by atoms with Crippen LogP contribution in [0.4, 0.5) is 26.3 Å². The van der Waals surface area contributed by atoms with Crippen LogP contribution in [0.3, 0.4) is 0 Å². The van der Waals surface area contributed by atoms with Crippen molar-refractivity contribution in [3.05, 3.63) is 197 Å². The molecule has 0 nitrogen and oxygen atoms in total. The van der Waals surface area contributed by atoms with Gasteiger partial charge >= 0.3 is 12.4 Å². The number of halogens is 6. The highest BCUT2D eigenvalue weighted by molar-refractivity contribution is 7.20. The Kier molecular flexibility index (Phi) is 8.52. The van der Waals surface area contributed by atoms with Crippen molar-refractivity contribution in [2.24, 2.45) is 0 Å². The molecule has 0 atom stereocenters. The van der Waals surface area contributed by atoms with E-state index in [2.05, 4.69) is 72.8 Å². The number of fused-ring (bicyclic) bond motifs is 7. The van der Waals surface area contributed by atoms with Gasteiger partial charge < -0.3 is 0 Å². The molecule has 296 valence electrons. The Bertz CT molecular complexity index is 3310. The molecule has 0 radical (unpaired) electrons. The van der Waals surface area contributed by atoms with Crippen LogP contribution in [0.2, 0.25) is 0 Å². The lowest BCUT2D eigenvalue weighted by atomic mass is 9.82. The highest BCUT2D eigenvalue weighted by Gasteiger charge is 2.32. The molecule has 61 heavy (non-hydrogen) atoms. The van der Waals surface area contributed by atoms with Crippen molar-refractivity contribution in [2.75, 3.05) is 0 Å². The zero-order chi connectivity index (χ0) is 41.6. The SMILES string of the molecule is FC(F)(F)c1ccc(-c2c3ccccc3c(C3=CCCc4c3sc3ccc(-c5c6ccccc6c(-c6ccc(C(F)(F)F)cc6)c6ccccc56)cc43)c3ccccc23)cc1. The van der Waals surface area contributed by atoms with Crippen molar-refractivity contribution >= 4 is 70.1 Å². The summed E-state index contributed by atoms with van der Waals surface area (Å²) in [4.78, 5) is 1.21. The molecule has 0 bridgehead atoms. The van der Waals surface area contributed by atoms with E-state index in [1.165, 1.54) is 20.5 Å². The van der Waals surface area contributed by atoms with E-state index >= 15 is 0 Å². The van der Waals surface area contributed by atoms with Crippen LogP contribution >= 0.6 is 11.3 Å². The largest absolute Gasteiger partial charge is 0.416 e. The molecule has 11 rings (SSSR count). The van der Waals surface area contributed by atoms with E-state index in [1.807, 2.05) is 48.5 Å².